The Hall–Kier alpha value is -2.44. The molecule has 1 N–H and O–H groups in total. The highest BCUT2D eigenvalue weighted by Gasteiger charge is 2.26. The van der Waals surface area contributed by atoms with Gasteiger partial charge in [-0.15, -0.1) is 0 Å². The number of anilines is 1. The number of methoxy groups -OCH3 is 1. The lowest BCUT2D eigenvalue weighted by Crippen LogP contribution is -2.27. The molecule has 0 unspecified atom stereocenters. The molecule has 7 nitrogen and oxygen atoms in total. The lowest BCUT2D eigenvalue weighted by atomic mass is 10.0. The molecular formula is C19H27N5O2. The molecule has 1 saturated carbocycles. The van der Waals surface area contributed by atoms with Crippen molar-refractivity contribution in [3.63, 3.8) is 0 Å². The minimum Gasteiger partial charge on any atom is -0.480 e. The second-order valence-electron chi connectivity index (χ2n) is 7.79. The van der Waals surface area contributed by atoms with Crippen LogP contribution in [0.1, 0.15) is 63.8 Å². The smallest absolute Gasteiger partial charge is 0.231 e. The fourth-order valence-corrected chi connectivity index (χ4v) is 3.31. The van der Waals surface area contributed by atoms with Gasteiger partial charge < -0.3 is 10.1 Å². The van der Waals surface area contributed by atoms with Gasteiger partial charge in [0, 0.05) is 12.0 Å². The summed E-state index contributed by atoms with van der Waals surface area (Å²) in [6.45, 7) is 6.26. The molecule has 2 heterocycles. The predicted molar refractivity (Wildman–Crippen MR) is 99.3 cm³/mol. The lowest BCUT2D eigenvalue weighted by Gasteiger charge is -2.22. The summed E-state index contributed by atoms with van der Waals surface area (Å²) in [6.07, 6.45) is 8.09. The first-order chi connectivity index (χ1) is 12.4. The molecule has 0 radical (unpaired) electrons. The Kier molecular flexibility index (Phi) is 5.25. The van der Waals surface area contributed by atoms with Crippen LogP contribution in [0.5, 0.6) is 5.88 Å². The summed E-state index contributed by atoms with van der Waals surface area (Å²) < 4.78 is 6.90. The number of nitrogens with one attached hydrogen (secondary N) is 1. The summed E-state index contributed by atoms with van der Waals surface area (Å²) in [5, 5.41) is 7.80. The zero-order chi connectivity index (χ0) is 18.7. The average Bonchev–Trinajstić information content (AvgIpc) is 3.24. The van der Waals surface area contributed by atoms with Gasteiger partial charge in [-0.1, -0.05) is 12.8 Å². The van der Waals surface area contributed by atoms with Gasteiger partial charge in [0.1, 0.15) is 5.82 Å². The van der Waals surface area contributed by atoms with Crippen molar-refractivity contribution in [1.29, 1.82) is 0 Å². The largest absolute Gasteiger partial charge is 0.480 e. The second-order valence-corrected chi connectivity index (χ2v) is 7.79. The number of carbonyl (C=O) groups is 1. The van der Waals surface area contributed by atoms with Crippen molar-refractivity contribution in [2.75, 3.05) is 12.4 Å². The van der Waals surface area contributed by atoms with E-state index in [1.807, 2.05) is 10.7 Å². The number of hydrogen-bond donors (Lipinski definition) is 1. The van der Waals surface area contributed by atoms with Crippen molar-refractivity contribution >= 4 is 11.7 Å². The molecule has 140 valence electrons. The minimum absolute atomic E-state index is 0.132. The third-order valence-corrected chi connectivity index (χ3v) is 4.64. The van der Waals surface area contributed by atoms with Crippen LogP contribution in [0, 0.1) is 0 Å². The topological polar surface area (TPSA) is 81.9 Å². The Balaban J connectivity index is 1.75. The number of aromatic nitrogens is 4. The van der Waals surface area contributed by atoms with Gasteiger partial charge in [0.05, 0.1) is 42.9 Å². The average molecular weight is 357 g/mol. The number of rotatable bonds is 5. The number of ether oxygens (including phenoxy) is 1. The van der Waals surface area contributed by atoms with Crippen LogP contribution in [0.15, 0.2) is 18.5 Å². The molecule has 1 fully saturated rings. The van der Waals surface area contributed by atoms with Crippen molar-refractivity contribution in [2.24, 2.45) is 0 Å². The zero-order valence-electron chi connectivity index (χ0n) is 16.0. The molecule has 2 aromatic heterocycles. The van der Waals surface area contributed by atoms with Crippen LogP contribution in [-0.2, 0) is 16.8 Å². The first-order valence-electron chi connectivity index (χ1n) is 9.12. The molecule has 0 spiro atoms. The Morgan fingerprint density at radius 3 is 2.58 bits per heavy atom. The van der Waals surface area contributed by atoms with Gasteiger partial charge in [0.15, 0.2) is 0 Å². The minimum atomic E-state index is -0.209. The van der Waals surface area contributed by atoms with E-state index in [2.05, 4.69) is 36.1 Å². The molecule has 0 saturated heterocycles. The van der Waals surface area contributed by atoms with Crippen LogP contribution in [0.2, 0.25) is 0 Å². The van der Waals surface area contributed by atoms with Crippen LogP contribution in [-0.4, -0.2) is 32.8 Å². The van der Waals surface area contributed by atoms with Gasteiger partial charge in [-0.25, -0.2) is 9.67 Å². The van der Waals surface area contributed by atoms with Crippen LogP contribution in [0.4, 0.5) is 5.82 Å². The van der Waals surface area contributed by atoms with E-state index in [1.54, 1.807) is 6.20 Å². The normalized spacial score (nSPS) is 15.2. The highest BCUT2D eigenvalue weighted by molar-refractivity contribution is 5.91. The van der Waals surface area contributed by atoms with Crippen molar-refractivity contribution in [3.8, 4) is 5.88 Å². The maximum Gasteiger partial charge on any atom is 0.231 e. The first-order valence-corrected chi connectivity index (χ1v) is 9.12. The van der Waals surface area contributed by atoms with Gasteiger partial charge in [-0.3, -0.25) is 9.78 Å². The van der Waals surface area contributed by atoms with E-state index in [1.165, 1.54) is 39.0 Å². The number of carbonyl (C=O) groups excluding carboxylic acids is 1. The van der Waals surface area contributed by atoms with Crippen LogP contribution in [0.25, 0.3) is 0 Å². The second kappa shape index (κ2) is 7.43. The summed E-state index contributed by atoms with van der Waals surface area (Å²) in [5.41, 5.74) is 1.47. The Morgan fingerprint density at radius 1 is 1.27 bits per heavy atom. The molecule has 3 rings (SSSR count). The molecular weight excluding hydrogens is 330 g/mol. The van der Waals surface area contributed by atoms with Gasteiger partial charge in [0.25, 0.3) is 0 Å². The summed E-state index contributed by atoms with van der Waals surface area (Å²) in [5.74, 6) is 1.54. The fraction of sp³-hybridized carbons (Fsp3) is 0.579. The standard InChI is InChI=1S/C19H27N5O2/c1-19(2,3)24-16(10-15(23-24)13-7-5-6-8-13)22-17(25)9-14-11-21-18(26-4)12-20-14/h10-13H,5-9H2,1-4H3,(H,22,25). The first kappa shape index (κ1) is 18.4. The van der Waals surface area contributed by atoms with Crippen LogP contribution in [0.3, 0.4) is 0 Å². The molecule has 1 aliphatic rings. The number of hydrogen-bond acceptors (Lipinski definition) is 5. The third-order valence-electron chi connectivity index (χ3n) is 4.64. The highest BCUT2D eigenvalue weighted by atomic mass is 16.5. The summed E-state index contributed by atoms with van der Waals surface area (Å²) in [4.78, 5) is 20.8. The SMILES string of the molecule is COc1cnc(CC(=O)Nc2cc(C3CCCC3)nn2C(C)(C)C)cn1. The molecule has 2 aromatic rings. The van der Waals surface area contributed by atoms with Crippen molar-refractivity contribution in [3.05, 3.63) is 29.8 Å². The quantitative estimate of drug-likeness (QED) is 0.888. The van der Waals surface area contributed by atoms with Crippen LogP contribution >= 0.6 is 0 Å². The maximum atomic E-state index is 12.5. The van der Waals surface area contributed by atoms with E-state index < -0.39 is 0 Å². The Morgan fingerprint density at radius 2 is 2.00 bits per heavy atom. The highest BCUT2D eigenvalue weighted by Crippen LogP contribution is 2.35. The van der Waals surface area contributed by atoms with E-state index in [0.29, 0.717) is 17.5 Å². The summed E-state index contributed by atoms with van der Waals surface area (Å²) in [7, 11) is 1.53. The predicted octanol–water partition coefficient (Wildman–Crippen LogP) is 3.28. The molecule has 1 amide bonds. The summed E-state index contributed by atoms with van der Waals surface area (Å²) >= 11 is 0. The zero-order valence-corrected chi connectivity index (χ0v) is 16.0. The Labute approximate surface area is 154 Å². The Bertz CT molecular complexity index is 755. The maximum absolute atomic E-state index is 12.5. The lowest BCUT2D eigenvalue weighted by molar-refractivity contribution is -0.115. The van der Waals surface area contributed by atoms with Gasteiger partial charge in [0.2, 0.25) is 11.8 Å². The molecule has 0 bridgehead atoms. The molecule has 0 aromatic carbocycles. The fourth-order valence-electron chi connectivity index (χ4n) is 3.31. The van der Waals surface area contributed by atoms with E-state index in [0.717, 1.165) is 11.5 Å². The van der Waals surface area contributed by atoms with E-state index in [9.17, 15) is 4.79 Å². The molecule has 0 aliphatic heterocycles. The molecule has 26 heavy (non-hydrogen) atoms. The van der Waals surface area contributed by atoms with E-state index in [-0.39, 0.29) is 17.9 Å². The van der Waals surface area contributed by atoms with Crippen molar-refractivity contribution in [2.45, 2.75) is 64.3 Å². The molecule has 1 aliphatic carbocycles. The van der Waals surface area contributed by atoms with Gasteiger partial charge in [-0.2, -0.15) is 5.10 Å². The van der Waals surface area contributed by atoms with Crippen molar-refractivity contribution in [1.82, 2.24) is 19.7 Å². The number of amides is 1. The third kappa shape index (κ3) is 4.20. The van der Waals surface area contributed by atoms with Gasteiger partial charge in [-0.05, 0) is 33.6 Å². The van der Waals surface area contributed by atoms with Gasteiger partial charge >= 0.3 is 0 Å². The monoisotopic (exact) mass is 357 g/mol. The van der Waals surface area contributed by atoms with Crippen molar-refractivity contribution < 1.29 is 9.53 Å². The summed E-state index contributed by atoms with van der Waals surface area (Å²) in [6, 6.07) is 2.03. The van der Waals surface area contributed by atoms with E-state index >= 15 is 0 Å². The molecule has 7 heteroatoms. The number of nitrogens with zero attached hydrogens (tertiary/aromatic N) is 4. The van der Waals surface area contributed by atoms with Crippen LogP contribution < -0.4 is 10.1 Å². The molecule has 0 atom stereocenters. The van der Waals surface area contributed by atoms with E-state index in [4.69, 9.17) is 9.84 Å².